The minimum Gasteiger partial charge on any atom is -0.383 e. The Morgan fingerprint density at radius 3 is 2.55 bits per heavy atom. The van der Waals surface area contributed by atoms with Crippen LogP contribution in [0.2, 0.25) is 0 Å². The van der Waals surface area contributed by atoms with Crippen molar-refractivity contribution in [2.24, 2.45) is 0 Å². The van der Waals surface area contributed by atoms with Gasteiger partial charge in [0.1, 0.15) is 11.4 Å². The van der Waals surface area contributed by atoms with E-state index in [2.05, 4.69) is 4.90 Å². The van der Waals surface area contributed by atoms with Gasteiger partial charge in [0, 0.05) is 18.7 Å². The van der Waals surface area contributed by atoms with Gasteiger partial charge in [0.2, 0.25) is 0 Å². The van der Waals surface area contributed by atoms with Crippen LogP contribution in [-0.2, 0) is 5.60 Å². The van der Waals surface area contributed by atoms with Gasteiger partial charge in [-0.1, -0.05) is 30.3 Å². The van der Waals surface area contributed by atoms with Crippen molar-refractivity contribution < 1.29 is 14.3 Å². The molecule has 0 radical (unpaired) electrons. The van der Waals surface area contributed by atoms with Crippen molar-refractivity contribution >= 4 is 5.91 Å². The summed E-state index contributed by atoms with van der Waals surface area (Å²) in [4.78, 5) is 17.0. The van der Waals surface area contributed by atoms with Gasteiger partial charge in [0.05, 0.1) is 17.7 Å². The first-order valence-corrected chi connectivity index (χ1v) is 10.0. The number of carbonyl (C=O) groups excluding carboxylic acids is 1. The van der Waals surface area contributed by atoms with Gasteiger partial charge in [-0.2, -0.15) is 5.26 Å². The van der Waals surface area contributed by atoms with E-state index < -0.39 is 11.4 Å². The Morgan fingerprint density at radius 1 is 1.14 bits per heavy atom. The molecule has 0 saturated carbocycles. The van der Waals surface area contributed by atoms with Crippen molar-refractivity contribution in [2.45, 2.75) is 30.9 Å². The second-order valence-electron chi connectivity index (χ2n) is 7.89. The van der Waals surface area contributed by atoms with Crippen molar-refractivity contribution in [3.8, 4) is 6.07 Å². The number of likely N-dealkylation sites (tertiary alicyclic amines) is 2. The maximum Gasteiger partial charge on any atom is 0.254 e. The zero-order chi connectivity index (χ0) is 20.4. The SMILES string of the molecule is N#Cc1cc(F)cc(C(=O)N2CC[C@](O)(c3ccccc3)[C@H](N3CCCC3)C2)c1. The van der Waals surface area contributed by atoms with Crippen LogP contribution in [0.5, 0.6) is 0 Å². The first kappa shape index (κ1) is 19.6. The van der Waals surface area contributed by atoms with Crippen molar-refractivity contribution in [3.05, 3.63) is 71.0 Å². The molecular weight excluding hydrogens is 369 g/mol. The van der Waals surface area contributed by atoms with E-state index in [1.165, 1.54) is 12.1 Å². The second kappa shape index (κ2) is 7.94. The summed E-state index contributed by atoms with van der Waals surface area (Å²) >= 11 is 0. The van der Waals surface area contributed by atoms with Crippen LogP contribution in [0.1, 0.15) is 40.7 Å². The molecule has 2 aliphatic heterocycles. The molecule has 150 valence electrons. The van der Waals surface area contributed by atoms with Gasteiger partial charge in [-0.05, 0) is 56.1 Å². The predicted octanol–water partition coefficient (Wildman–Crippen LogP) is 2.90. The number of piperidine rings is 1. The van der Waals surface area contributed by atoms with E-state index in [9.17, 15) is 14.3 Å². The highest BCUT2D eigenvalue weighted by molar-refractivity contribution is 5.94. The Labute approximate surface area is 170 Å². The van der Waals surface area contributed by atoms with Crippen LogP contribution in [0.3, 0.4) is 0 Å². The zero-order valence-corrected chi connectivity index (χ0v) is 16.2. The molecular formula is C23H24FN3O2. The fourth-order valence-electron chi connectivity index (χ4n) is 4.60. The van der Waals surface area contributed by atoms with Crippen molar-refractivity contribution in [3.63, 3.8) is 0 Å². The van der Waals surface area contributed by atoms with Gasteiger partial charge in [-0.25, -0.2) is 4.39 Å². The summed E-state index contributed by atoms with van der Waals surface area (Å²) in [5.41, 5.74) is 0.123. The molecule has 0 aromatic heterocycles. The van der Waals surface area contributed by atoms with Crippen LogP contribution >= 0.6 is 0 Å². The summed E-state index contributed by atoms with van der Waals surface area (Å²) in [7, 11) is 0. The smallest absolute Gasteiger partial charge is 0.254 e. The molecule has 2 fully saturated rings. The van der Waals surface area contributed by atoms with Crippen molar-refractivity contribution in [1.29, 1.82) is 5.26 Å². The normalized spacial score (nSPS) is 25.0. The molecule has 2 aliphatic rings. The third-order valence-electron chi connectivity index (χ3n) is 6.12. The average molecular weight is 393 g/mol. The van der Waals surface area contributed by atoms with Gasteiger partial charge >= 0.3 is 0 Å². The molecule has 0 unspecified atom stereocenters. The number of nitriles is 1. The number of nitrogens with zero attached hydrogens (tertiary/aromatic N) is 3. The van der Waals surface area contributed by atoms with Gasteiger partial charge in [0.15, 0.2) is 0 Å². The number of benzene rings is 2. The van der Waals surface area contributed by atoms with Crippen LogP contribution in [-0.4, -0.2) is 53.0 Å². The lowest BCUT2D eigenvalue weighted by molar-refractivity contribution is -0.0878. The average Bonchev–Trinajstić information content (AvgIpc) is 3.28. The standard InChI is InChI=1S/C23H24FN3O2/c24-20-13-17(15-25)12-18(14-20)22(28)27-11-8-23(29,19-6-2-1-3-7-19)21(16-27)26-9-4-5-10-26/h1-3,6-7,12-14,21,29H,4-5,8-11,16H2/t21-,23+/m1/s1. The quantitative estimate of drug-likeness (QED) is 0.871. The number of amides is 1. The van der Waals surface area contributed by atoms with E-state index in [0.29, 0.717) is 19.5 Å². The third kappa shape index (κ3) is 3.76. The van der Waals surface area contributed by atoms with E-state index in [0.717, 1.165) is 37.6 Å². The summed E-state index contributed by atoms with van der Waals surface area (Å²) in [5, 5.41) is 20.8. The number of halogens is 1. The number of carbonyl (C=O) groups is 1. The highest BCUT2D eigenvalue weighted by Gasteiger charge is 2.47. The molecule has 2 atom stereocenters. The van der Waals surface area contributed by atoms with Crippen LogP contribution in [0.25, 0.3) is 0 Å². The summed E-state index contributed by atoms with van der Waals surface area (Å²) in [6, 6.07) is 15.0. The molecule has 5 nitrogen and oxygen atoms in total. The number of rotatable bonds is 3. The lowest BCUT2D eigenvalue weighted by atomic mass is 9.79. The number of hydrogen-bond donors (Lipinski definition) is 1. The Kier molecular flexibility index (Phi) is 5.35. The molecule has 2 aromatic rings. The van der Waals surface area contributed by atoms with Crippen LogP contribution < -0.4 is 0 Å². The van der Waals surface area contributed by atoms with Gasteiger partial charge < -0.3 is 10.0 Å². The lowest BCUT2D eigenvalue weighted by Gasteiger charge is -2.48. The molecule has 1 amide bonds. The van der Waals surface area contributed by atoms with Gasteiger partial charge in [0.25, 0.3) is 5.91 Å². The summed E-state index contributed by atoms with van der Waals surface area (Å²) in [6.07, 6.45) is 2.56. The molecule has 2 aromatic carbocycles. The maximum absolute atomic E-state index is 13.8. The fourth-order valence-corrected chi connectivity index (χ4v) is 4.60. The highest BCUT2D eigenvalue weighted by Crippen LogP contribution is 2.37. The maximum atomic E-state index is 13.8. The minimum absolute atomic E-state index is 0.127. The first-order chi connectivity index (χ1) is 14.0. The Balaban J connectivity index is 1.63. The fraction of sp³-hybridized carbons (Fsp3) is 0.391. The largest absolute Gasteiger partial charge is 0.383 e. The molecule has 29 heavy (non-hydrogen) atoms. The highest BCUT2D eigenvalue weighted by atomic mass is 19.1. The summed E-state index contributed by atoms with van der Waals surface area (Å²) < 4.78 is 13.8. The molecule has 1 N–H and O–H groups in total. The second-order valence-corrected chi connectivity index (χ2v) is 7.89. The lowest BCUT2D eigenvalue weighted by Crippen LogP contribution is -2.61. The Bertz CT molecular complexity index is 937. The third-order valence-corrected chi connectivity index (χ3v) is 6.12. The van der Waals surface area contributed by atoms with Crippen LogP contribution in [0.4, 0.5) is 4.39 Å². The van der Waals surface area contributed by atoms with E-state index in [1.54, 1.807) is 4.90 Å². The van der Waals surface area contributed by atoms with E-state index in [4.69, 9.17) is 5.26 Å². The van der Waals surface area contributed by atoms with Gasteiger partial charge in [-0.3, -0.25) is 9.69 Å². The number of hydrogen-bond acceptors (Lipinski definition) is 4. The summed E-state index contributed by atoms with van der Waals surface area (Å²) in [6.45, 7) is 2.51. The van der Waals surface area contributed by atoms with Crippen molar-refractivity contribution in [1.82, 2.24) is 9.80 Å². The van der Waals surface area contributed by atoms with Crippen molar-refractivity contribution in [2.75, 3.05) is 26.2 Å². The first-order valence-electron chi connectivity index (χ1n) is 10.0. The Morgan fingerprint density at radius 2 is 1.86 bits per heavy atom. The Hall–Kier alpha value is -2.75. The summed E-state index contributed by atoms with van der Waals surface area (Å²) in [5.74, 6) is -0.901. The van der Waals surface area contributed by atoms with E-state index in [-0.39, 0.29) is 23.1 Å². The molecule has 0 spiro atoms. The molecule has 0 bridgehead atoms. The molecule has 2 heterocycles. The van der Waals surface area contributed by atoms with Gasteiger partial charge in [-0.15, -0.1) is 0 Å². The number of aliphatic hydroxyl groups is 1. The minimum atomic E-state index is -1.04. The van der Waals surface area contributed by atoms with E-state index in [1.807, 2.05) is 36.4 Å². The van der Waals surface area contributed by atoms with Crippen LogP contribution in [0.15, 0.2) is 48.5 Å². The predicted molar refractivity (Wildman–Crippen MR) is 107 cm³/mol. The molecule has 2 saturated heterocycles. The monoisotopic (exact) mass is 393 g/mol. The topological polar surface area (TPSA) is 67.6 Å². The molecule has 0 aliphatic carbocycles. The van der Waals surface area contributed by atoms with E-state index >= 15 is 0 Å². The molecule has 6 heteroatoms. The molecule has 4 rings (SSSR count). The zero-order valence-electron chi connectivity index (χ0n) is 16.2. The van der Waals surface area contributed by atoms with Crippen LogP contribution in [0, 0.1) is 17.1 Å².